The van der Waals surface area contributed by atoms with Crippen molar-refractivity contribution in [3.05, 3.63) is 58.4 Å². The standard InChI is InChI=1S/C19H21ClFN3O2S/c1-24(2)15(18-13(20)4-3-5-14(18)21)10-23-19(27)22-9-12-6-7-16-17(8-12)26-11-25-16/h3-8,15H,9-11H2,1-2H3,(H2,22,23,27)/t15-/m1/s1. The molecule has 0 aliphatic carbocycles. The van der Waals surface area contributed by atoms with Gasteiger partial charge in [-0.2, -0.15) is 0 Å². The molecule has 1 heterocycles. The summed E-state index contributed by atoms with van der Waals surface area (Å²) in [5.74, 6) is 1.15. The fourth-order valence-electron chi connectivity index (χ4n) is 2.86. The first-order chi connectivity index (χ1) is 13.0. The van der Waals surface area contributed by atoms with Gasteiger partial charge in [0.05, 0.1) is 6.04 Å². The lowest BCUT2D eigenvalue weighted by molar-refractivity contribution is 0.174. The fraction of sp³-hybridized carbons (Fsp3) is 0.316. The van der Waals surface area contributed by atoms with E-state index in [1.54, 1.807) is 12.1 Å². The second-order valence-corrected chi connectivity index (χ2v) is 7.18. The van der Waals surface area contributed by atoms with Crippen LogP contribution in [-0.4, -0.2) is 37.4 Å². The zero-order valence-corrected chi connectivity index (χ0v) is 16.7. The number of ether oxygens (including phenoxy) is 2. The van der Waals surface area contributed by atoms with Crippen LogP contribution < -0.4 is 20.1 Å². The SMILES string of the molecule is CN(C)[C@H](CNC(=S)NCc1ccc2c(c1)OCO2)c1c(F)cccc1Cl. The molecule has 1 atom stereocenters. The summed E-state index contributed by atoms with van der Waals surface area (Å²) in [6.07, 6.45) is 0. The van der Waals surface area contributed by atoms with Crippen molar-refractivity contribution in [3.63, 3.8) is 0 Å². The number of benzene rings is 2. The Hall–Kier alpha value is -2.09. The van der Waals surface area contributed by atoms with Crippen LogP contribution >= 0.6 is 23.8 Å². The summed E-state index contributed by atoms with van der Waals surface area (Å²) >= 11 is 11.6. The first-order valence-electron chi connectivity index (χ1n) is 8.46. The highest BCUT2D eigenvalue weighted by molar-refractivity contribution is 7.80. The number of nitrogens with one attached hydrogen (secondary N) is 2. The van der Waals surface area contributed by atoms with Crippen LogP contribution in [0.25, 0.3) is 0 Å². The Bertz CT molecular complexity index is 814. The van der Waals surface area contributed by atoms with Crippen LogP contribution in [-0.2, 0) is 6.54 Å². The van der Waals surface area contributed by atoms with Gasteiger partial charge in [-0.05, 0) is 56.1 Å². The topological polar surface area (TPSA) is 45.8 Å². The van der Waals surface area contributed by atoms with E-state index in [2.05, 4.69) is 10.6 Å². The number of hydrogen-bond acceptors (Lipinski definition) is 4. The number of thiocarbonyl (C=S) groups is 1. The van der Waals surface area contributed by atoms with Gasteiger partial charge in [-0.15, -0.1) is 0 Å². The maximum absolute atomic E-state index is 14.3. The molecule has 2 aromatic carbocycles. The van der Waals surface area contributed by atoms with E-state index >= 15 is 0 Å². The third kappa shape index (κ3) is 4.80. The summed E-state index contributed by atoms with van der Waals surface area (Å²) < 4.78 is 24.9. The van der Waals surface area contributed by atoms with Gasteiger partial charge < -0.3 is 25.0 Å². The van der Waals surface area contributed by atoms with Gasteiger partial charge in [-0.1, -0.05) is 23.7 Å². The van der Waals surface area contributed by atoms with Crippen molar-refractivity contribution in [2.75, 3.05) is 27.4 Å². The number of likely N-dealkylation sites (N-methyl/N-ethyl adjacent to an activating group) is 1. The normalized spacial score (nSPS) is 13.5. The van der Waals surface area contributed by atoms with E-state index < -0.39 is 0 Å². The lowest BCUT2D eigenvalue weighted by Crippen LogP contribution is -2.40. The molecule has 1 aliphatic rings. The molecule has 5 nitrogen and oxygen atoms in total. The fourth-order valence-corrected chi connectivity index (χ4v) is 3.30. The largest absolute Gasteiger partial charge is 0.454 e. The summed E-state index contributed by atoms with van der Waals surface area (Å²) in [6, 6.07) is 10.2. The van der Waals surface area contributed by atoms with E-state index in [4.69, 9.17) is 33.3 Å². The molecule has 0 saturated heterocycles. The van der Waals surface area contributed by atoms with Crippen LogP contribution in [0.1, 0.15) is 17.2 Å². The molecule has 144 valence electrons. The quantitative estimate of drug-likeness (QED) is 0.712. The molecule has 0 radical (unpaired) electrons. The van der Waals surface area contributed by atoms with Gasteiger partial charge in [0.15, 0.2) is 16.6 Å². The maximum Gasteiger partial charge on any atom is 0.231 e. The molecule has 1 aliphatic heterocycles. The van der Waals surface area contributed by atoms with Crippen LogP contribution in [0.15, 0.2) is 36.4 Å². The van der Waals surface area contributed by atoms with Gasteiger partial charge in [-0.25, -0.2) is 4.39 Å². The van der Waals surface area contributed by atoms with Gasteiger partial charge in [-0.3, -0.25) is 0 Å². The van der Waals surface area contributed by atoms with E-state index in [0.29, 0.717) is 28.8 Å². The molecule has 8 heteroatoms. The molecule has 2 aromatic rings. The molecule has 0 spiro atoms. The molecule has 0 unspecified atom stereocenters. The van der Waals surface area contributed by atoms with Gasteiger partial charge in [0.2, 0.25) is 6.79 Å². The molecule has 3 rings (SSSR count). The lowest BCUT2D eigenvalue weighted by Gasteiger charge is -2.27. The number of halogens is 2. The zero-order chi connectivity index (χ0) is 19.4. The van der Waals surface area contributed by atoms with E-state index in [-0.39, 0.29) is 18.7 Å². The Labute approximate surface area is 168 Å². The lowest BCUT2D eigenvalue weighted by atomic mass is 10.1. The minimum atomic E-state index is -0.331. The van der Waals surface area contributed by atoms with Crippen molar-refractivity contribution in [2.45, 2.75) is 12.6 Å². The first kappa shape index (κ1) is 19.7. The smallest absolute Gasteiger partial charge is 0.231 e. The monoisotopic (exact) mass is 409 g/mol. The summed E-state index contributed by atoms with van der Waals surface area (Å²) in [7, 11) is 3.75. The van der Waals surface area contributed by atoms with Crippen LogP contribution in [0.3, 0.4) is 0 Å². The minimum absolute atomic E-state index is 0.247. The Kier molecular flexibility index (Phi) is 6.36. The first-order valence-corrected chi connectivity index (χ1v) is 9.25. The van der Waals surface area contributed by atoms with Crippen LogP contribution in [0.2, 0.25) is 5.02 Å². The van der Waals surface area contributed by atoms with Crippen LogP contribution in [0.5, 0.6) is 11.5 Å². The summed E-state index contributed by atoms with van der Waals surface area (Å²) in [6.45, 7) is 1.20. The molecule has 0 bridgehead atoms. The third-order valence-electron chi connectivity index (χ3n) is 4.30. The Morgan fingerprint density at radius 2 is 2.00 bits per heavy atom. The highest BCUT2D eigenvalue weighted by Crippen LogP contribution is 2.32. The third-order valence-corrected chi connectivity index (χ3v) is 4.92. The van der Waals surface area contributed by atoms with Gasteiger partial charge in [0.1, 0.15) is 5.82 Å². The van der Waals surface area contributed by atoms with Crippen LogP contribution in [0, 0.1) is 5.82 Å². The number of fused-ring (bicyclic) bond motifs is 1. The molecule has 27 heavy (non-hydrogen) atoms. The van der Waals surface area contributed by atoms with Crippen LogP contribution in [0.4, 0.5) is 4.39 Å². The molecular formula is C19H21ClFN3O2S. The highest BCUT2D eigenvalue weighted by Gasteiger charge is 2.21. The predicted molar refractivity (Wildman–Crippen MR) is 108 cm³/mol. The van der Waals surface area contributed by atoms with E-state index in [9.17, 15) is 4.39 Å². The Morgan fingerprint density at radius 3 is 2.74 bits per heavy atom. The Balaban J connectivity index is 1.57. The minimum Gasteiger partial charge on any atom is -0.454 e. The molecular weight excluding hydrogens is 389 g/mol. The predicted octanol–water partition coefficient (Wildman–Crippen LogP) is 3.47. The van der Waals surface area contributed by atoms with Crippen molar-refractivity contribution in [2.24, 2.45) is 0 Å². The average Bonchev–Trinajstić information content (AvgIpc) is 3.09. The number of hydrogen-bond donors (Lipinski definition) is 2. The van der Waals surface area contributed by atoms with Crippen molar-refractivity contribution >= 4 is 28.9 Å². The number of nitrogens with zero attached hydrogens (tertiary/aromatic N) is 1. The summed E-state index contributed by atoms with van der Waals surface area (Å²) in [4.78, 5) is 1.90. The summed E-state index contributed by atoms with van der Waals surface area (Å²) in [5, 5.41) is 7.16. The number of rotatable bonds is 6. The molecule has 0 aromatic heterocycles. The summed E-state index contributed by atoms with van der Waals surface area (Å²) in [5.41, 5.74) is 1.47. The average molecular weight is 410 g/mol. The van der Waals surface area contributed by atoms with Gasteiger partial charge in [0, 0.05) is 23.7 Å². The Morgan fingerprint density at radius 1 is 1.22 bits per heavy atom. The van der Waals surface area contributed by atoms with Crippen molar-refractivity contribution in [1.29, 1.82) is 0 Å². The van der Waals surface area contributed by atoms with Gasteiger partial charge in [0.25, 0.3) is 0 Å². The van der Waals surface area contributed by atoms with Gasteiger partial charge >= 0.3 is 0 Å². The molecule has 0 fully saturated rings. The highest BCUT2D eigenvalue weighted by atomic mass is 35.5. The van der Waals surface area contributed by atoms with E-state index in [0.717, 1.165) is 17.1 Å². The molecule has 2 N–H and O–H groups in total. The van der Waals surface area contributed by atoms with Crippen molar-refractivity contribution in [1.82, 2.24) is 15.5 Å². The molecule has 0 amide bonds. The maximum atomic E-state index is 14.3. The van der Waals surface area contributed by atoms with Crippen molar-refractivity contribution in [3.8, 4) is 11.5 Å². The zero-order valence-electron chi connectivity index (χ0n) is 15.1. The van der Waals surface area contributed by atoms with E-state index in [1.165, 1.54) is 6.07 Å². The molecule has 0 saturated carbocycles. The second-order valence-electron chi connectivity index (χ2n) is 6.37. The second kappa shape index (κ2) is 8.73. The van der Waals surface area contributed by atoms with Crippen molar-refractivity contribution < 1.29 is 13.9 Å². The van der Waals surface area contributed by atoms with E-state index in [1.807, 2.05) is 37.2 Å².